The molecule has 178 valence electrons. The summed E-state index contributed by atoms with van der Waals surface area (Å²) in [5.41, 5.74) is 1.89. The molecule has 1 aromatic heterocycles. The van der Waals surface area contributed by atoms with Crippen molar-refractivity contribution in [3.63, 3.8) is 0 Å². The first-order valence-electron chi connectivity index (χ1n) is 11.9. The summed E-state index contributed by atoms with van der Waals surface area (Å²) in [6, 6.07) is 13.5. The number of carbonyl (C=O) groups is 1. The van der Waals surface area contributed by atoms with Crippen LogP contribution in [0.3, 0.4) is 0 Å². The average Bonchev–Trinajstić information content (AvgIpc) is 2.86. The number of aromatic nitrogens is 1. The van der Waals surface area contributed by atoms with E-state index in [-0.39, 0.29) is 0 Å². The summed E-state index contributed by atoms with van der Waals surface area (Å²) >= 11 is 6.00. The van der Waals surface area contributed by atoms with E-state index in [9.17, 15) is 4.79 Å². The first-order valence-corrected chi connectivity index (χ1v) is 12.2. The second kappa shape index (κ2) is 9.16. The van der Waals surface area contributed by atoms with Gasteiger partial charge in [0.1, 0.15) is 18.8 Å². The molecule has 6 rings (SSSR count). The summed E-state index contributed by atoms with van der Waals surface area (Å²) in [5, 5.41) is 1.34. The second-order valence-electron chi connectivity index (χ2n) is 9.47. The smallest absolute Gasteiger partial charge is 0.338 e. The molecule has 7 heteroatoms. The number of piperidine rings is 3. The van der Waals surface area contributed by atoms with Gasteiger partial charge in [0.15, 0.2) is 12.1 Å². The standard InChI is InChI=1S/C27H29ClFN2O3/c1-3-17-16-31(29)13-11-19(17)14-25(31)26(34-27(32)18-4-6-20(28)7-5-18)22-10-12-30-24-9-8-21(33-2)15-23(22)24/h4-10,12,15,17,19,25-26H,3,11,13-14,16H2,1-2H3/q+1/t17-,19-,25+,26-,31+/m0/s1. The highest BCUT2D eigenvalue weighted by molar-refractivity contribution is 6.30. The fourth-order valence-electron chi connectivity index (χ4n) is 5.83. The van der Waals surface area contributed by atoms with Crippen LogP contribution in [0.25, 0.3) is 10.9 Å². The molecule has 2 aromatic carbocycles. The van der Waals surface area contributed by atoms with Gasteiger partial charge in [0, 0.05) is 40.9 Å². The predicted octanol–water partition coefficient (Wildman–Crippen LogP) is 6.31. The Labute approximate surface area is 204 Å². The van der Waals surface area contributed by atoms with Crippen LogP contribution in [0.2, 0.25) is 5.02 Å². The van der Waals surface area contributed by atoms with Crippen LogP contribution in [0, 0.1) is 11.8 Å². The summed E-state index contributed by atoms with van der Waals surface area (Å²) in [5.74, 6) is 0.975. The normalized spacial score (nSPS) is 26.9. The Kier molecular flexibility index (Phi) is 6.21. The highest BCUT2D eigenvalue weighted by atomic mass is 35.5. The summed E-state index contributed by atoms with van der Waals surface area (Å²) in [6.45, 7) is 3.05. The maximum Gasteiger partial charge on any atom is 0.338 e. The molecule has 0 spiro atoms. The lowest BCUT2D eigenvalue weighted by atomic mass is 9.72. The van der Waals surface area contributed by atoms with Crippen molar-refractivity contribution in [2.45, 2.75) is 38.3 Å². The lowest BCUT2D eigenvalue weighted by Crippen LogP contribution is -2.64. The molecule has 0 amide bonds. The van der Waals surface area contributed by atoms with Gasteiger partial charge in [-0.05, 0) is 65.4 Å². The third kappa shape index (κ3) is 4.14. The Morgan fingerprint density at radius 1 is 1.24 bits per heavy atom. The van der Waals surface area contributed by atoms with Crippen molar-refractivity contribution in [2.24, 2.45) is 11.8 Å². The van der Waals surface area contributed by atoms with Gasteiger partial charge in [-0.1, -0.05) is 18.5 Å². The van der Waals surface area contributed by atoms with Crippen molar-refractivity contribution in [1.29, 1.82) is 0 Å². The van der Waals surface area contributed by atoms with E-state index in [1.54, 1.807) is 37.6 Å². The molecule has 0 radical (unpaired) electrons. The molecule has 5 atom stereocenters. The molecule has 3 aliphatic rings. The maximum atomic E-state index is 16.5. The van der Waals surface area contributed by atoms with Crippen LogP contribution < -0.4 is 4.74 Å². The van der Waals surface area contributed by atoms with Gasteiger partial charge in [0.25, 0.3) is 0 Å². The van der Waals surface area contributed by atoms with Crippen molar-refractivity contribution in [3.8, 4) is 5.75 Å². The van der Waals surface area contributed by atoms with E-state index < -0.39 is 22.8 Å². The molecule has 0 saturated carbocycles. The minimum Gasteiger partial charge on any atom is -0.497 e. The number of fused-ring (bicyclic) bond motifs is 4. The summed E-state index contributed by atoms with van der Waals surface area (Å²) < 4.78 is 27.5. The number of quaternary nitrogens is 1. The van der Waals surface area contributed by atoms with E-state index in [1.807, 2.05) is 24.3 Å². The third-order valence-electron chi connectivity index (χ3n) is 7.69. The van der Waals surface area contributed by atoms with Crippen LogP contribution in [0.1, 0.15) is 48.2 Å². The fourth-order valence-corrected chi connectivity index (χ4v) is 5.95. The lowest BCUT2D eigenvalue weighted by Gasteiger charge is -2.51. The zero-order valence-corrected chi connectivity index (χ0v) is 20.2. The van der Waals surface area contributed by atoms with E-state index in [0.717, 1.165) is 29.3 Å². The number of nitrogens with zero attached hydrogens (tertiary/aromatic N) is 2. The van der Waals surface area contributed by atoms with E-state index in [1.165, 1.54) is 0 Å². The third-order valence-corrected chi connectivity index (χ3v) is 7.94. The Hall–Kier alpha value is -2.70. The lowest BCUT2D eigenvalue weighted by molar-refractivity contribution is -1.09. The Balaban J connectivity index is 1.59. The highest BCUT2D eigenvalue weighted by Gasteiger charge is 2.57. The van der Waals surface area contributed by atoms with Gasteiger partial charge in [-0.15, -0.1) is 4.71 Å². The molecule has 0 unspecified atom stereocenters. The first kappa shape index (κ1) is 23.1. The van der Waals surface area contributed by atoms with Crippen molar-refractivity contribution in [3.05, 3.63) is 70.9 Å². The number of pyridine rings is 1. The van der Waals surface area contributed by atoms with Crippen LogP contribution in [0.4, 0.5) is 4.48 Å². The SMILES string of the molecule is CC[C@H]1C[N@+]2(F)CC[C@H]1C[C@@H]2[C@@H](OC(=O)c1ccc(Cl)cc1)c1ccnc2ccc(OC)cc12. The number of carbonyl (C=O) groups excluding carboxylic acids is 1. The molecule has 34 heavy (non-hydrogen) atoms. The molecule has 0 aliphatic carbocycles. The molecule has 3 saturated heterocycles. The fraction of sp³-hybridized carbons (Fsp3) is 0.407. The van der Waals surface area contributed by atoms with E-state index >= 15 is 4.48 Å². The molecular weight excluding hydrogens is 455 g/mol. The molecule has 2 bridgehead atoms. The number of benzene rings is 2. The zero-order valence-electron chi connectivity index (χ0n) is 19.4. The molecule has 3 fully saturated rings. The van der Waals surface area contributed by atoms with E-state index in [0.29, 0.717) is 47.7 Å². The largest absolute Gasteiger partial charge is 0.497 e. The average molecular weight is 484 g/mol. The molecule has 0 N–H and O–H groups in total. The first-order chi connectivity index (χ1) is 16.4. The van der Waals surface area contributed by atoms with Crippen LogP contribution in [-0.2, 0) is 4.74 Å². The Bertz CT molecular complexity index is 1200. The van der Waals surface area contributed by atoms with Gasteiger partial charge >= 0.3 is 5.97 Å². The minimum atomic E-state index is -0.758. The van der Waals surface area contributed by atoms with Gasteiger partial charge in [0.05, 0.1) is 18.2 Å². The zero-order chi connectivity index (χ0) is 23.9. The van der Waals surface area contributed by atoms with Crippen molar-refractivity contribution >= 4 is 28.5 Å². The number of rotatable bonds is 6. The molecule has 3 aliphatic heterocycles. The summed E-state index contributed by atoms with van der Waals surface area (Å²) in [7, 11) is 1.60. The number of methoxy groups -OCH3 is 1. The Morgan fingerprint density at radius 2 is 2.03 bits per heavy atom. The number of hydrogen-bond acceptors (Lipinski definition) is 4. The molecule has 5 nitrogen and oxygen atoms in total. The summed E-state index contributed by atoms with van der Waals surface area (Å²) in [4.78, 5) is 17.7. The Morgan fingerprint density at radius 3 is 2.74 bits per heavy atom. The van der Waals surface area contributed by atoms with Gasteiger partial charge in [-0.25, -0.2) is 4.79 Å². The maximum absolute atomic E-state index is 16.5. The van der Waals surface area contributed by atoms with Crippen LogP contribution in [0.5, 0.6) is 5.75 Å². The number of hydrogen-bond donors (Lipinski definition) is 0. The number of ether oxygens (including phenoxy) is 2. The molecule has 3 aromatic rings. The monoisotopic (exact) mass is 483 g/mol. The van der Waals surface area contributed by atoms with Crippen molar-refractivity contribution in [2.75, 3.05) is 20.2 Å². The summed E-state index contributed by atoms with van der Waals surface area (Å²) in [6.07, 6.45) is 3.45. The highest BCUT2D eigenvalue weighted by Crippen LogP contribution is 2.49. The second-order valence-corrected chi connectivity index (χ2v) is 9.90. The van der Waals surface area contributed by atoms with E-state index in [2.05, 4.69) is 11.9 Å². The molecule has 4 heterocycles. The molecular formula is C27H29ClFN2O3+. The predicted molar refractivity (Wildman–Crippen MR) is 129 cm³/mol. The van der Waals surface area contributed by atoms with Gasteiger partial charge in [-0.2, -0.15) is 0 Å². The van der Waals surface area contributed by atoms with Crippen molar-refractivity contribution < 1.29 is 23.5 Å². The quantitative estimate of drug-likeness (QED) is 0.304. The van der Waals surface area contributed by atoms with Crippen LogP contribution >= 0.6 is 11.6 Å². The van der Waals surface area contributed by atoms with Gasteiger partial charge in [-0.3, -0.25) is 4.98 Å². The van der Waals surface area contributed by atoms with Crippen LogP contribution in [-0.4, -0.2) is 41.9 Å². The van der Waals surface area contributed by atoms with E-state index in [4.69, 9.17) is 21.1 Å². The number of esters is 1. The van der Waals surface area contributed by atoms with Crippen molar-refractivity contribution in [1.82, 2.24) is 4.98 Å². The number of halogens is 2. The van der Waals surface area contributed by atoms with Crippen LogP contribution in [0.15, 0.2) is 54.7 Å². The minimum absolute atomic E-state index is 0.358. The topological polar surface area (TPSA) is 48.4 Å². The van der Waals surface area contributed by atoms with Gasteiger partial charge in [0.2, 0.25) is 0 Å². The van der Waals surface area contributed by atoms with Gasteiger partial charge < -0.3 is 9.47 Å².